The fourth-order valence-electron chi connectivity index (χ4n) is 1.82. The van der Waals surface area contributed by atoms with E-state index in [1.54, 1.807) is 25.1 Å². The number of sulfonamides is 1. The van der Waals surface area contributed by atoms with Gasteiger partial charge in [-0.15, -0.1) is 0 Å². The number of ether oxygens (including phenoxy) is 1. The molecule has 1 atom stereocenters. The highest BCUT2D eigenvalue weighted by molar-refractivity contribution is 7.89. The number of aliphatic hydroxyl groups excluding tert-OH is 1. The van der Waals surface area contributed by atoms with Crippen LogP contribution >= 0.6 is 0 Å². The lowest BCUT2D eigenvalue weighted by atomic mass is 10.2. The van der Waals surface area contributed by atoms with Crippen LogP contribution in [-0.4, -0.2) is 51.2 Å². The van der Waals surface area contributed by atoms with Gasteiger partial charge in [-0.05, 0) is 18.6 Å². The Kier molecular flexibility index (Phi) is 5.30. The Hall–Kier alpha value is -1.15. The Morgan fingerprint density at radius 1 is 1.47 bits per heavy atom. The fourth-order valence-corrected chi connectivity index (χ4v) is 3.34. The van der Waals surface area contributed by atoms with Gasteiger partial charge >= 0.3 is 0 Å². The van der Waals surface area contributed by atoms with Crippen molar-refractivity contribution in [1.29, 1.82) is 0 Å². The van der Waals surface area contributed by atoms with E-state index < -0.39 is 16.1 Å². The smallest absolute Gasteiger partial charge is 0.245 e. The molecule has 0 aliphatic heterocycles. The molecule has 0 aromatic heterocycles. The van der Waals surface area contributed by atoms with Crippen LogP contribution in [0.5, 0.6) is 0 Å². The molecule has 0 amide bonds. The molecule has 1 rings (SSSR count). The lowest BCUT2D eigenvalue weighted by Crippen LogP contribution is -2.36. The number of aliphatic hydroxyl groups is 1. The molecule has 0 heterocycles. The van der Waals surface area contributed by atoms with Crippen LogP contribution in [0.15, 0.2) is 23.1 Å². The van der Waals surface area contributed by atoms with Crippen molar-refractivity contribution in [3.05, 3.63) is 23.8 Å². The number of likely N-dealkylation sites (N-methyl/N-ethyl adjacent to an activating group) is 1. The number of hydrogen-bond donors (Lipinski definition) is 2. The first-order valence-corrected chi connectivity index (χ1v) is 7.23. The van der Waals surface area contributed by atoms with Gasteiger partial charge < -0.3 is 15.6 Å². The summed E-state index contributed by atoms with van der Waals surface area (Å²) >= 11 is 0. The summed E-state index contributed by atoms with van der Waals surface area (Å²) in [6, 6.07) is 4.92. The van der Waals surface area contributed by atoms with Crippen LogP contribution in [0.25, 0.3) is 0 Å². The van der Waals surface area contributed by atoms with Crippen molar-refractivity contribution < 1.29 is 18.3 Å². The highest BCUT2D eigenvalue weighted by Crippen LogP contribution is 2.25. The molecule has 6 nitrogen and oxygen atoms in total. The highest BCUT2D eigenvalue weighted by Gasteiger charge is 2.26. The Labute approximate surface area is 113 Å². The molecule has 1 unspecified atom stereocenters. The standard InChI is InChI=1S/C12H20N2O4S/c1-9-5-4-6-11(13)12(9)19(16,17)14(2)7-10(15)8-18-3/h4-6,10,15H,7-8,13H2,1-3H3. The van der Waals surface area contributed by atoms with Crippen molar-refractivity contribution in [3.8, 4) is 0 Å². The van der Waals surface area contributed by atoms with Crippen molar-refractivity contribution in [1.82, 2.24) is 4.31 Å². The molecular weight excluding hydrogens is 268 g/mol. The molecular formula is C12H20N2O4S. The molecule has 0 fully saturated rings. The van der Waals surface area contributed by atoms with E-state index in [9.17, 15) is 13.5 Å². The highest BCUT2D eigenvalue weighted by atomic mass is 32.2. The summed E-state index contributed by atoms with van der Waals surface area (Å²) in [5, 5.41) is 9.61. The Balaban J connectivity index is 3.04. The molecule has 3 N–H and O–H groups in total. The fraction of sp³-hybridized carbons (Fsp3) is 0.500. The van der Waals surface area contributed by atoms with Gasteiger partial charge in [0.15, 0.2) is 0 Å². The summed E-state index contributed by atoms with van der Waals surface area (Å²) in [5.74, 6) is 0. The van der Waals surface area contributed by atoms with E-state index in [-0.39, 0.29) is 23.7 Å². The minimum Gasteiger partial charge on any atom is -0.398 e. The largest absolute Gasteiger partial charge is 0.398 e. The molecule has 1 aromatic carbocycles. The number of nitrogen functional groups attached to an aromatic ring is 1. The molecule has 1 aromatic rings. The van der Waals surface area contributed by atoms with Crippen LogP contribution < -0.4 is 5.73 Å². The van der Waals surface area contributed by atoms with Gasteiger partial charge in [0.05, 0.1) is 18.4 Å². The van der Waals surface area contributed by atoms with Gasteiger partial charge in [0, 0.05) is 20.7 Å². The van der Waals surface area contributed by atoms with Gasteiger partial charge in [-0.3, -0.25) is 0 Å². The lowest BCUT2D eigenvalue weighted by molar-refractivity contribution is 0.0554. The van der Waals surface area contributed by atoms with Crippen molar-refractivity contribution in [2.75, 3.05) is 33.0 Å². The molecule has 7 heteroatoms. The Morgan fingerprint density at radius 2 is 2.11 bits per heavy atom. The summed E-state index contributed by atoms with van der Waals surface area (Å²) in [4.78, 5) is 0.0853. The molecule has 0 saturated carbocycles. The molecule has 19 heavy (non-hydrogen) atoms. The molecule has 0 saturated heterocycles. The second kappa shape index (κ2) is 6.33. The summed E-state index contributed by atoms with van der Waals surface area (Å²) in [7, 11) is -0.877. The van der Waals surface area contributed by atoms with E-state index in [1.807, 2.05) is 0 Å². The molecule has 0 radical (unpaired) electrons. The maximum Gasteiger partial charge on any atom is 0.245 e. The lowest BCUT2D eigenvalue weighted by Gasteiger charge is -2.22. The van der Waals surface area contributed by atoms with Crippen molar-refractivity contribution in [3.63, 3.8) is 0 Å². The number of nitrogens with zero attached hydrogens (tertiary/aromatic N) is 1. The van der Waals surface area contributed by atoms with Crippen molar-refractivity contribution >= 4 is 15.7 Å². The van der Waals surface area contributed by atoms with E-state index in [4.69, 9.17) is 10.5 Å². The number of aryl methyl sites for hydroxylation is 1. The number of anilines is 1. The van der Waals surface area contributed by atoms with Crippen molar-refractivity contribution in [2.24, 2.45) is 0 Å². The monoisotopic (exact) mass is 288 g/mol. The summed E-state index contributed by atoms with van der Waals surface area (Å²) in [5.41, 5.74) is 6.52. The van der Waals surface area contributed by atoms with Gasteiger partial charge in [0.2, 0.25) is 10.0 Å². The predicted molar refractivity (Wildman–Crippen MR) is 73.3 cm³/mol. The minimum atomic E-state index is -3.72. The summed E-state index contributed by atoms with van der Waals surface area (Å²) < 4.78 is 30.7. The summed E-state index contributed by atoms with van der Waals surface area (Å²) in [6.45, 7) is 1.70. The predicted octanol–water partition coefficient (Wildman–Crippen LogP) is 0.205. The molecule has 0 aliphatic carbocycles. The topological polar surface area (TPSA) is 92.9 Å². The second-order valence-corrected chi connectivity index (χ2v) is 6.37. The van der Waals surface area contributed by atoms with Crippen molar-refractivity contribution in [2.45, 2.75) is 17.9 Å². The first-order valence-electron chi connectivity index (χ1n) is 5.79. The third-order valence-electron chi connectivity index (χ3n) is 2.74. The van der Waals surface area contributed by atoms with E-state index in [1.165, 1.54) is 14.2 Å². The van der Waals surface area contributed by atoms with E-state index >= 15 is 0 Å². The number of rotatable bonds is 6. The number of nitrogens with two attached hydrogens (primary N) is 1. The zero-order valence-corrected chi connectivity index (χ0v) is 12.1. The third-order valence-corrected chi connectivity index (χ3v) is 4.78. The maximum absolute atomic E-state index is 12.4. The van der Waals surface area contributed by atoms with E-state index in [2.05, 4.69) is 0 Å². The van der Waals surface area contributed by atoms with Crippen LogP contribution in [0.1, 0.15) is 5.56 Å². The first-order chi connectivity index (χ1) is 8.80. The quantitative estimate of drug-likeness (QED) is 0.730. The van der Waals surface area contributed by atoms with Gasteiger partial charge in [-0.25, -0.2) is 8.42 Å². The number of hydrogen-bond acceptors (Lipinski definition) is 5. The number of benzene rings is 1. The second-order valence-electron chi connectivity index (χ2n) is 4.39. The molecule has 0 spiro atoms. The number of methoxy groups -OCH3 is 1. The van der Waals surface area contributed by atoms with Crippen LogP contribution in [0.3, 0.4) is 0 Å². The van der Waals surface area contributed by atoms with Crippen LogP contribution in [0, 0.1) is 6.92 Å². The van der Waals surface area contributed by atoms with E-state index in [0.717, 1.165) is 4.31 Å². The summed E-state index contributed by atoms with van der Waals surface area (Å²) in [6.07, 6.45) is -0.880. The zero-order chi connectivity index (χ0) is 14.6. The van der Waals surface area contributed by atoms with Gasteiger partial charge in [-0.1, -0.05) is 12.1 Å². The van der Waals surface area contributed by atoms with E-state index in [0.29, 0.717) is 5.56 Å². The minimum absolute atomic E-state index is 0.0516. The third kappa shape index (κ3) is 3.66. The van der Waals surface area contributed by atoms with Crippen LogP contribution in [0.2, 0.25) is 0 Å². The van der Waals surface area contributed by atoms with Crippen LogP contribution in [0.4, 0.5) is 5.69 Å². The van der Waals surface area contributed by atoms with Gasteiger partial charge in [-0.2, -0.15) is 4.31 Å². The van der Waals surface area contributed by atoms with Crippen LogP contribution in [-0.2, 0) is 14.8 Å². The normalized spacial score (nSPS) is 13.7. The Morgan fingerprint density at radius 3 is 2.63 bits per heavy atom. The average Bonchev–Trinajstić information content (AvgIpc) is 2.28. The van der Waals surface area contributed by atoms with Gasteiger partial charge in [0.1, 0.15) is 4.90 Å². The molecule has 108 valence electrons. The maximum atomic E-state index is 12.4. The van der Waals surface area contributed by atoms with Gasteiger partial charge in [0.25, 0.3) is 0 Å². The average molecular weight is 288 g/mol. The SMILES string of the molecule is COCC(O)CN(C)S(=O)(=O)c1c(C)cccc1N. The zero-order valence-electron chi connectivity index (χ0n) is 11.3. The molecule has 0 aliphatic rings. The first kappa shape index (κ1) is 15.9. The Bertz CT molecular complexity index is 510. The molecule has 0 bridgehead atoms.